The number of sulfonamides is 1. The molecule has 0 aromatic carbocycles. The van der Waals surface area contributed by atoms with E-state index in [2.05, 4.69) is 29.9 Å². The summed E-state index contributed by atoms with van der Waals surface area (Å²) in [5.41, 5.74) is 0.708. The number of rotatable bonds is 9. The van der Waals surface area contributed by atoms with Gasteiger partial charge in [0.25, 0.3) is 0 Å². The maximum atomic E-state index is 13.1. The molecule has 0 spiro atoms. The van der Waals surface area contributed by atoms with Gasteiger partial charge in [0.2, 0.25) is 16.0 Å². The highest BCUT2D eigenvalue weighted by molar-refractivity contribution is 7.93. The summed E-state index contributed by atoms with van der Waals surface area (Å²) in [6.07, 6.45) is 6.17. The average Bonchev–Trinajstić information content (AvgIpc) is 3.17. The minimum atomic E-state index is -3.85. The van der Waals surface area contributed by atoms with Crippen molar-refractivity contribution in [2.24, 2.45) is 0 Å². The van der Waals surface area contributed by atoms with Gasteiger partial charge >= 0.3 is 0 Å². The Labute approximate surface area is 186 Å². The van der Waals surface area contributed by atoms with Crippen molar-refractivity contribution in [3.63, 3.8) is 0 Å². The van der Waals surface area contributed by atoms with Gasteiger partial charge in [-0.2, -0.15) is 0 Å². The molecular weight excluding hydrogens is 442 g/mol. The molecule has 3 atom stereocenters. The largest absolute Gasteiger partial charge is 0.383 e. The number of halogens is 1. The molecule has 0 saturated heterocycles. The van der Waals surface area contributed by atoms with Crippen molar-refractivity contribution in [2.45, 2.75) is 38.0 Å². The second-order valence-electron chi connectivity index (χ2n) is 7.16. The van der Waals surface area contributed by atoms with Crippen LogP contribution in [0.2, 0.25) is 5.02 Å². The van der Waals surface area contributed by atoms with Gasteiger partial charge in [0.05, 0.1) is 22.9 Å². The predicted octanol–water partition coefficient (Wildman–Crippen LogP) is 2.92. The molecule has 1 N–H and O–H groups in total. The molecule has 0 fully saturated rings. The van der Waals surface area contributed by atoms with Crippen molar-refractivity contribution in [2.75, 3.05) is 18.4 Å². The van der Waals surface area contributed by atoms with E-state index in [4.69, 9.17) is 16.3 Å². The van der Waals surface area contributed by atoms with Crippen molar-refractivity contribution in [1.29, 1.82) is 0 Å². The van der Waals surface area contributed by atoms with Crippen molar-refractivity contribution >= 4 is 27.6 Å². The van der Waals surface area contributed by atoms with Gasteiger partial charge in [-0.05, 0) is 26.0 Å². The summed E-state index contributed by atoms with van der Waals surface area (Å²) in [5.74, 6) is 0.476. The van der Waals surface area contributed by atoms with E-state index < -0.39 is 21.2 Å². The minimum absolute atomic E-state index is 0.0967. The normalized spacial score (nSPS) is 14.7. The second kappa shape index (κ2) is 9.67. The Morgan fingerprint density at radius 1 is 1.16 bits per heavy atom. The fourth-order valence-electron chi connectivity index (χ4n) is 3.04. The minimum Gasteiger partial charge on any atom is -0.383 e. The number of methoxy groups -OCH3 is 1. The number of anilines is 1. The first-order chi connectivity index (χ1) is 14.7. The molecule has 0 bridgehead atoms. The fraction of sp³-hybridized carbons (Fsp3) is 0.421. The van der Waals surface area contributed by atoms with E-state index in [0.29, 0.717) is 28.8 Å². The monoisotopic (exact) mass is 465 g/mol. The molecule has 0 aliphatic rings. The van der Waals surface area contributed by atoms with E-state index in [1.165, 1.54) is 12.4 Å². The molecule has 166 valence electrons. The maximum absolute atomic E-state index is 13.1. The second-order valence-corrected chi connectivity index (χ2v) is 9.64. The van der Waals surface area contributed by atoms with Crippen LogP contribution in [0, 0.1) is 0 Å². The molecule has 0 unspecified atom stereocenters. The summed E-state index contributed by atoms with van der Waals surface area (Å²) >= 11 is 5.83. The molecule has 3 aromatic heterocycles. The Bertz CT molecular complexity index is 1110. The highest BCUT2D eigenvalue weighted by Gasteiger charge is 2.31. The molecule has 0 saturated carbocycles. The van der Waals surface area contributed by atoms with Crippen LogP contribution < -0.4 is 4.72 Å². The molecule has 31 heavy (non-hydrogen) atoms. The van der Waals surface area contributed by atoms with Crippen molar-refractivity contribution in [1.82, 2.24) is 29.7 Å². The highest BCUT2D eigenvalue weighted by Crippen LogP contribution is 2.28. The Morgan fingerprint density at radius 2 is 1.87 bits per heavy atom. The number of aromatic nitrogens is 6. The average molecular weight is 466 g/mol. The Morgan fingerprint density at radius 3 is 2.48 bits per heavy atom. The third-order valence-electron chi connectivity index (χ3n) is 4.94. The lowest BCUT2D eigenvalue weighted by Gasteiger charge is -2.22. The van der Waals surface area contributed by atoms with Gasteiger partial charge in [-0.15, -0.1) is 10.2 Å². The zero-order valence-electron chi connectivity index (χ0n) is 17.6. The molecule has 3 heterocycles. The van der Waals surface area contributed by atoms with Crippen LogP contribution in [0.4, 0.5) is 5.95 Å². The first-order valence-corrected chi connectivity index (χ1v) is 11.5. The molecule has 3 aromatic rings. The van der Waals surface area contributed by atoms with Crippen LogP contribution in [0.25, 0.3) is 11.4 Å². The van der Waals surface area contributed by atoms with Crippen LogP contribution >= 0.6 is 11.6 Å². The molecule has 0 amide bonds. The quantitative estimate of drug-likeness (QED) is 0.511. The van der Waals surface area contributed by atoms with Crippen molar-refractivity contribution in [3.05, 3.63) is 47.8 Å². The molecular formula is C19H24ClN7O3S. The van der Waals surface area contributed by atoms with Gasteiger partial charge in [0, 0.05) is 43.4 Å². The lowest BCUT2D eigenvalue weighted by Crippen LogP contribution is -2.32. The summed E-state index contributed by atoms with van der Waals surface area (Å²) in [6, 6.07) is 3.36. The smallest absolute Gasteiger partial charge is 0.238 e. The van der Waals surface area contributed by atoms with Crippen LogP contribution in [0.3, 0.4) is 0 Å². The van der Waals surface area contributed by atoms with Crippen LogP contribution in [-0.4, -0.2) is 57.1 Å². The summed E-state index contributed by atoms with van der Waals surface area (Å²) in [5, 5.41) is 7.83. The number of hydrogen-bond acceptors (Lipinski definition) is 8. The van der Waals surface area contributed by atoms with Crippen LogP contribution in [0.5, 0.6) is 0 Å². The SMILES string of the molecule is COC[C@H](C)n1c(NS(=O)(=O)[C@@H](C)[C@H](C)c2ncc(Cl)cn2)nnc1-c1cccnc1. The van der Waals surface area contributed by atoms with Gasteiger partial charge < -0.3 is 4.74 Å². The summed E-state index contributed by atoms with van der Waals surface area (Å²) < 4.78 is 35.8. The Balaban J connectivity index is 1.93. The van der Waals surface area contributed by atoms with Gasteiger partial charge in [-0.1, -0.05) is 18.5 Å². The van der Waals surface area contributed by atoms with Gasteiger partial charge in [0.1, 0.15) is 5.82 Å². The third kappa shape index (κ3) is 5.17. The number of nitrogens with one attached hydrogen (secondary N) is 1. The zero-order chi connectivity index (χ0) is 22.6. The van der Waals surface area contributed by atoms with Crippen LogP contribution in [0.1, 0.15) is 38.6 Å². The van der Waals surface area contributed by atoms with E-state index in [0.717, 1.165) is 0 Å². The highest BCUT2D eigenvalue weighted by atomic mass is 35.5. The summed E-state index contributed by atoms with van der Waals surface area (Å²) in [4.78, 5) is 12.4. The topological polar surface area (TPSA) is 125 Å². The number of nitrogens with zero attached hydrogens (tertiary/aromatic N) is 6. The molecule has 12 heteroatoms. The summed E-state index contributed by atoms with van der Waals surface area (Å²) in [7, 11) is -2.28. The lowest BCUT2D eigenvalue weighted by molar-refractivity contribution is 0.163. The zero-order valence-corrected chi connectivity index (χ0v) is 19.2. The Kier molecular flexibility index (Phi) is 7.19. The van der Waals surface area contributed by atoms with Crippen LogP contribution in [-0.2, 0) is 14.8 Å². The number of hydrogen-bond donors (Lipinski definition) is 1. The molecule has 0 radical (unpaired) electrons. The standard InChI is InChI=1S/C19H24ClN7O3S/c1-12(11-30-4)27-18(15-6-5-7-21-8-15)24-25-19(27)26-31(28,29)14(3)13(2)17-22-9-16(20)10-23-17/h5-10,12-14H,11H2,1-4H3,(H,25,26)/t12-,13-,14-/m0/s1. The molecule has 3 rings (SSSR count). The lowest BCUT2D eigenvalue weighted by atomic mass is 10.1. The van der Waals surface area contributed by atoms with E-state index in [1.54, 1.807) is 44.0 Å². The third-order valence-corrected chi connectivity index (χ3v) is 6.99. The van der Waals surface area contributed by atoms with Crippen LogP contribution in [0.15, 0.2) is 36.9 Å². The van der Waals surface area contributed by atoms with E-state index in [1.807, 2.05) is 13.0 Å². The Hall–Kier alpha value is -2.63. The van der Waals surface area contributed by atoms with E-state index in [9.17, 15) is 8.42 Å². The van der Waals surface area contributed by atoms with E-state index in [-0.39, 0.29) is 12.0 Å². The van der Waals surface area contributed by atoms with Gasteiger partial charge in [-0.25, -0.2) is 18.4 Å². The fourth-order valence-corrected chi connectivity index (χ4v) is 4.38. The molecule has 0 aliphatic heterocycles. The molecule has 10 nitrogen and oxygen atoms in total. The number of pyridine rings is 1. The van der Waals surface area contributed by atoms with Gasteiger partial charge in [-0.3, -0.25) is 14.3 Å². The molecule has 0 aliphatic carbocycles. The first kappa shape index (κ1) is 23.0. The van der Waals surface area contributed by atoms with E-state index >= 15 is 0 Å². The maximum Gasteiger partial charge on any atom is 0.238 e. The summed E-state index contributed by atoms with van der Waals surface area (Å²) in [6.45, 7) is 5.56. The van der Waals surface area contributed by atoms with Gasteiger partial charge in [0.15, 0.2) is 5.82 Å². The first-order valence-electron chi connectivity index (χ1n) is 9.58. The van der Waals surface area contributed by atoms with Crippen molar-refractivity contribution in [3.8, 4) is 11.4 Å². The number of ether oxygens (including phenoxy) is 1. The van der Waals surface area contributed by atoms with Crippen molar-refractivity contribution < 1.29 is 13.2 Å². The predicted molar refractivity (Wildman–Crippen MR) is 117 cm³/mol.